The van der Waals surface area contributed by atoms with Gasteiger partial charge in [0.1, 0.15) is 13.2 Å². The SMILES string of the molecule is CC\C=C/C=C\C=C/CCCCCCCCCC(=O)OC(COC(=O)C/C=C\C/C=C\C/C=C\CC)COC(=O)CCCCCCC/C=C\CCCCCCCCC. The van der Waals surface area contributed by atoms with Crippen molar-refractivity contribution < 1.29 is 28.6 Å². The van der Waals surface area contributed by atoms with Gasteiger partial charge in [-0.15, -0.1) is 0 Å². The minimum absolute atomic E-state index is 0.114. The van der Waals surface area contributed by atoms with Crippen LogP contribution in [0.4, 0.5) is 0 Å². The Labute approximate surface area is 356 Å². The molecule has 58 heavy (non-hydrogen) atoms. The molecular weight excluding hydrogens is 721 g/mol. The summed E-state index contributed by atoms with van der Waals surface area (Å²) >= 11 is 0. The molecule has 0 N–H and O–H groups in total. The van der Waals surface area contributed by atoms with E-state index < -0.39 is 12.1 Å². The number of carbonyl (C=O) groups is 3. The van der Waals surface area contributed by atoms with Crippen LogP contribution in [0.15, 0.2) is 85.1 Å². The Morgan fingerprint density at radius 2 is 0.828 bits per heavy atom. The molecule has 0 bridgehead atoms. The lowest BCUT2D eigenvalue weighted by atomic mass is 10.1. The van der Waals surface area contributed by atoms with Crippen molar-refractivity contribution in [3.05, 3.63) is 85.1 Å². The zero-order chi connectivity index (χ0) is 42.3. The lowest BCUT2D eigenvalue weighted by Gasteiger charge is -2.18. The Kier molecular flexibility index (Phi) is 43.6. The van der Waals surface area contributed by atoms with Crippen LogP contribution in [0.1, 0.15) is 207 Å². The summed E-state index contributed by atoms with van der Waals surface area (Å²) in [7, 11) is 0. The van der Waals surface area contributed by atoms with E-state index in [0.29, 0.717) is 12.8 Å². The van der Waals surface area contributed by atoms with Gasteiger partial charge >= 0.3 is 17.9 Å². The number of unbranched alkanes of at least 4 members (excludes halogenated alkanes) is 19. The van der Waals surface area contributed by atoms with Gasteiger partial charge in [-0.05, 0) is 77.0 Å². The number of esters is 3. The summed E-state index contributed by atoms with van der Waals surface area (Å²) in [5.41, 5.74) is 0. The Morgan fingerprint density at radius 3 is 1.38 bits per heavy atom. The Hall–Kier alpha value is -3.41. The quantitative estimate of drug-likeness (QED) is 0.0201. The van der Waals surface area contributed by atoms with E-state index in [0.717, 1.165) is 89.9 Å². The van der Waals surface area contributed by atoms with E-state index in [4.69, 9.17) is 14.2 Å². The van der Waals surface area contributed by atoms with Gasteiger partial charge in [0.2, 0.25) is 0 Å². The van der Waals surface area contributed by atoms with Crippen molar-refractivity contribution in [1.82, 2.24) is 0 Å². The highest BCUT2D eigenvalue weighted by molar-refractivity contribution is 5.72. The molecule has 0 aliphatic carbocycles. The zero-order valence-electron chi connectivity index (χ0n) is 37.5. The molecule has 1 unspecified atom stereocenters. The summed E-state index contributed by atoms with van der Waals surface area (Å²) in [5.74, 6) is -1.07. The van der Waals surface area contributed by atoms with Gasteiger partial charge in [-0.1, -0.05) is 196 Å². The second-order valence-electron chi connectivity index (χ2n) is 15.3. The normalized spacial score (nSPS) is 12.8. The number of ether oxygens (including phenoxy) is 3. The fourth-order valence-corrected chi connectivity index (χ4v) is 6.20. The van der Waals surface area contributed by atoms with Gasteiger partial charge < -0.3 is 14.2 Å². The van der Waals surface area contributed by atoms with Crippen LogP contribution < -0.4 is 0 Å². The molecule has 0 aliphatic rings. The van der Waals surface area contributed by atoms with E-state index in [9.17, 15) is 14.4 Å². The maximum Gasteiger partial charge on any atom is 0.309 e. The summed E-state index contributed by atoms with van der Waals surface area (Å²) in [6.45, 7) is 6.26. The third-order valence-electron chi connectivity index (χ3n) is 9.71. The van der Waals surface area contributed by atoms with Gasteiger partial charge in [0.25, 0.3) is 0 Å². The molecule has 0 amide bonds. The highest BCUT2D eigenvalue weighted by Crippen LogP contribution is 2.13. The third-order valence-corrected chi connectivity index (χ3v) is 9.71. The molecule has 0 fully saturated rings. The average Bonchev–Trinajstić information content (AvgIpc) is 3.22. The molecule has 0 radical (unpaired) electrons. The molecule has 1 atom stereocenters. The van der Waals surface area contributed by atoms with E-state index in [1.165, 1.54) is 77.0 Å². The maximum atomic E-state index is 12.7. The largest absolute Gasteiger partial charge is 0.462 e. The molecule has 0 aromatic carbocycles. The molecule has 6 nitrogen and oxygen atoms in total. The van der Waals surface area contributed by atoms with E-state index in [2.05, 4.69) is 93.7 Å². The smallest absolute Gasteiger partial charge is 0.309 e. The molecule has 0 aromatic rings. The fourth-order valence-electron chi connectivity index (χ4n) is 6.20. The van der Waals surface area contributed by atoms with Crippen molar-refractivity contribution in [2.75, 3.05) is 13.2 Å². The molecule has 0 rings (SSSR count). The van der Waals surface area contributed by atoms with Crippen molar-refractivity contribution >= 4 is 17.9 Å². The first kappa shape index (κ1) is 54.6. The lowest BCUT2D eigenvalue weighted by Crippen LogP contribution is -2.30. The highest BCUT2D eigenvalue weighted by Gasteiger charge is 2.19. The van der Waals surface area contributed by atoms with Gasteiger partial charge in [0.15, 0.2) is 6.10 Å². The standard InChI is InChI=1S/C52H86O6/c1-4-7-10-13-16-19-21-23-25-27-28-30-33-36-39-42-45-51(54)57-48-49(47-56-50(53)44-41-38-35-32-18-15-12-9-6-3)58-52(55)46-43-40-37-34-31-29-26-24-22-20-17-14-11-8-5-2/h8-9,11-12,14,17-18,20,22,25,27,32,38,41,49H,4-7,10,13,15-16,19,21,23-24,26,28-31,33-37,39-40,42-48H2,1-3H3/b11-8-,12-9-,17-14-,22-20-,27-25-,32-18-,41-38-. The number of hydrogen-bond acceptors (Lipinski definition) is 6. The summed E-state index contributed by atoms with van der Waals surface area (Å²) < 4.78 is 16.6. The minimum Gasteiger partial charge on any atom is -0.462 e. The van der Waals surface area contributed by atoms with Crippen molar-refractivity contribution in [3.63, 3.8) is 0 Å². The van der Waals surface area contributed by atoms with Crippen LogP contribution in [0, 0.1) is 0 Å². The molecule has 0 spiro atoms. The summed E-state index contributed by atoms with van der Waals surface area (Å²) in [6.07, 6.45) is 58.9. The van der Waals surface area contributed by atoms with Gasteiger partial charge in [-0.3, -0.25) is 14.4 Å². The van der Waals surface area contributed by atoms with E-state index in [1.54, 1.807) is 6.08 Å². The van der Waals surface area contributed by atoms with Crippen LogP contribution in [0.25, 0.3) is 0 Å². The van der Waals surface area contributed by atoms with Gasteiger partial charge in [0.05, 0.1) is 6.42 Å². The first-order chi connectivity index (χ1) is 28.5. The van der Waals surface area contributed by atoms with Crippen molar-refractivity contribution in [3.8, 4) is 0 Å². The predicted molar refractivity (Wildman–Crippen MR) is 247 cm³/mol. The second kappa shape index (κ2) is 46.3. The molecule has 330 valence electrons. The van der Waals surface area contributed by atoms with Crippen LogP contribution >= 0.6 is 0 Å². The van der Waals surface area contributed by atoms with E-state index >= 15 is 0 Å². The Morgan fingerprint density at radius 1 is 0.397 bits per heavy atom. The van der Waals surface area contributed by atoms with Crippen LogP contribution in [-0.4, -0.2) is 37.2 Å². The molecule has 6 heteroatoms. The molecule has 0 aromatic heterocycles. The van der Waals surface area contributed by atoms with E-state index in [1.807, 2.05) is 6.08 Å². The first-order valence-electron chi connectivity index (χ1n) is 23.6. The summed E-state index contributed by atoms with van der Waals surface area (Å²) in [6, 6.07) is 0. The molecule has 0 saturated heterocycles. The topological polar surface area (TPSA) is 78.9 Å². The van der Waals surface area contributed by atoms with Crippen LogP contribution in [-0.2, 0) is 28.6 Å². The van der Waals surface area contributed by atoms with E-state index in [-0.39, 0.29) is 31.6 Å². The van der Waals surface area contributed by atoms with Crippen LogP contribution in [0.3, 0.4) is 0 Å². The monoisotopic (exact) mass is 807 g/mol. The lowest BCUT2D eigenvalue weighted by molar-refractivity contribution is -0.166. The highest BCUT2D eigenvalue weighted by atomic mass is 16.6. The fraction of sp³-hybridized carbons (Fsp3) is 0.673. The zero-order valence-corrected chi connectivity index (χ0v) is 37.5. The van der Waals surface area contributed by atoms with Crippen LogP contribution in [0.2, 0.25) is 0 Å². The van der Waals surface area contributed by atoms with Crippen molar-refractivity contribution in [2.24, 2.45) is 0 Å². The predicted octanol–water partition coefficient (Wildman–Crippen LogP) is 15.3. The molecule has 0 aliphatic heterocycles. The number of allylic oxidation sites excluding steroid dienone is 13. The summed E-state index contributed by atoms with van der Waals surface area (Å²) in [4.78, 5) is 37.7. The Balaban J connectivity index is 4.43. The number of hydrogen-bond donors (Lipinski definition) is 0. The molecule has 0 heterocycles. The maximum absolute atomic E-state index is 12.7. The first-order valence-corrected chi connectivity index (χ1v) is 23.6. The van der Waals surface area contributed by atoms with Gasteiger partial charge in [0, 0.05) is 12.8 Å². The minimum atomic E-state index is -0.820. The third kappa shape index (κ3) is 43.7. The Bertz CT molecular complexity index is 1160. The van der Waals surface area contributed by atoms with Crippen LogP contribution in [0.5, 0.6) is 0 Å². The number of rotatable bonds is 41. The van der Waals surface area contributed by atoms with Crippen molar-refractivity contribution in [1.29, 1.82) is 0 Å². The molecular formula is C52H86O6. The molecule has 0 saturated carbocycles. The summed E-state index contributed by atoms with van der Waals surface area (Å²) in [5, 5.41) is 0. The van der Waals surface area contributed by atoms with Gasteiger partial charge in [-0.2, -0.15) is 0 Å². The van der Waals surface area contributed by atoms with Crippen molar-refractivity contribution in [2.45, 2.75) is 213 Å². The second-order valence-corrected chi connectivity index (χ2v) is 15.3. The van der Waals surface area contributed by atoms with Gasteiger partial charge in [-0.25, -0.2) is 0 Å². The average molecular weight is 807 g/mol. The number of carbonyl (C=O) groups excluding carboxylic acids is 3.